The Bertz CT molecular complexity index is 1090. The van der Waals surface area contributed by atoms with Crippen LogP contribution in [0.2, 0.25) is 0 Å². The van der Waals surface area contributed by atoms with Crippen LogP contribution in [-0.2, 0) is 22.4 Å². The van der Waals surface area contributed by atoms with Crippen molar-refractivity contribution in [2.24, 2.45) is 10.9 Å². The standard InChI is InChI=1S/C27H30FN3O2/c1-3-23(24-17-21(28)9-11-25(24)29-2)19-12-14-31(15-13-19)27(33)26(32)30-22-10-8-18-6-4-5-7-20(18)16-22/h3-7,9,11,17,19,22H,2,8,10,12-16H2,1H3,(H,30,32)/b23-3-/t22-/m1/s1. The van der Waals surface area contributed by atoms with Crippen molar-refractivity contribution in [3.8, 4) is 0 Å². The molecule has 0 radical (unpaired) electrons. The third-order valence-corrected chi connectivity index (χ3v) is 6.85. The summed E-state index contributed by atoms with van der Waals surface area (Å²) in [5.74, 6) is -1.13. The van der Waals surface area contributed by atoms with Crippen molar-refractivity contribution < 1.29 is 14.0 Å². The minimum atomic E-state index is -0.521. The molecule has 1 fully saturated rings. The van der Waals surface area contributed by atoms with Crippen LogP contribution in [-0.4, -0.2) is 42.6 Å². The smallest absolute Gasteiger partial charge is 0.311 e. The molecule has 5 nitrogen and oxygen atoms in total. The van der Waals surface area contributed by atoms with E-state index < -0.39 is 11.8 Å². The number of halogens is 1. The first kappa shape index (κ1) is 22.9. The van der Waals surface area contributed by atoms with E-state index in [0.29, 0.717) is 31.6 Å². The van der Waals surface area contributed by atoms with Crippen molar-refractivity contribution in [2.45, 2.75) is 45.1 Å². The molecule has 1 heterocycles. The summed E-state index contributed by atoms with van der Waals surface area (Å²) in [6, 6.07) is 12.8. The third-order valence-electron chi connectivity index (χ3n) is 6.85. The van der Waals surface area contributed by atoms with Crippen molar-refractivity contribution in [1.82, 2.24) is 10.2 Å². The molecule has 1 N–H and O–H groups in total. The molecule has 33 heavy (non-hydrogen) atoms. The Kier molecular flexibility index (Phi) is 7.02. The molecule has 0 bridgehead atoms. The molecular weight excluding hydrogens is 417 g/mol. The zero-order chi connectivity index (χ0) is 23.4. The predicted octanol–water partition coefficient (Wildman–Crippen LogP) is 4.47. The molecule has 2 aromatic rings. The van der Waals surface area contributed by atoms with E-state index in [0.717, 1.165) is 30.4 Å². The molecule has 172 valence electrons. The molecule has 0 spiro atoms. The number of nitrogens with one attached hydrogen (secondary N) is 1. The van der Waals surface area contributed by atoms with Gasteiger partial charge in [-0.2, -0.15) is 0 Å². The lowest BCUT2D eigenvalue weighted by atomic mass is 9.84. The summed E-state index contributed by atoms with van der Waals surface area (Å²) in [6.45, 7) is 6.52. The van der Waals surface area contributed by atoms with E-state index in [2.05, 4.69) is 29.2 Å². The summed E-state index contributed by atoms with van der Waals surface area (Å²) < 4.78 is 13.9. The van der Waals surface area contributed by atoms with Gasteiger partial charge in [0.05, 0.1) is 5.69 Å². The third kappa shape index (κ3) is 5.05. The second-order valence-electron chi connectivity index (χ2n) is 8.81. The lowest BCUT2D eigenvalue weighted by Crippen LogP contribution is -2.50. The minimum Gasteiger partial charge on any atom is -0.345 e. The molecule has 1 saturated heterocycles. The monoisotopic (exact) mass is 447 g/mol. The van der Waals surface area contributed by atoms with Crippen molar-refractivity contribution in [3.05, 3.63) is 71.0 Å². The summed E-state index contributed by atoms with van der Waals surface area (Å²) in [7, 11) is 0. The van der Waals surface area contributed by atoms with Gasteiger partial charge in [0.1, 0.15) is 5.82 Å². The molecule has 2 amide bonds. The second-order valence-corrected chi connectivity index (χ2v) is 8.81. The van der Waals surface area contributed by atoms with Gasteiger partial charge in [-0.05, 0) is 86.6 Å². The Morgan fingerprint density at radius 2 is 1.85 bits per heavy atom. The maximum atomic E-state index is 13.9. The van der Waals surface area contributed by atoms with E-state index in [9.17, 15) is 14.0 Å². The molecule has 1 aliphatic heterocycles. The van der Waals surface area contributed by atoms with Gasteiger partial charge in [0.15, 0.2) is 0 Å². The molecule has 4 rings (SSSR count). The summed E-state index contributed by atoms with van der Waals surface area (Å²) in [5.41, 5.74) is 4.97. The van der Waals surface area contributed by atoms with Gasteiger partial charge in [0.2, 0.25) is 0 Å². The number of fused-ring (bicyclic) bond motifs is 1. The highest BCUT2D eigenvalue weighted by Gasteiger charge is 2.31. The van der Waals surface area contributed by atoms with Crippen LogP contribution in [0.15, 0.2) is 53.5 Å². The van der Waals surface area contributed by atoms with E-state index in [-0.39, 0.29) is 17.8 Å². The van der Waals surface area contributed by atoms with Crippen LogP contribution in [0.4, 0.5) is 10.1 Å². The van der Waals surface area contributed by atoms with E-state index in [1.54, 1.807) is 11.0 Å². The Morgan fingerprint density at radius 3 is 2.55 bits per heavy atom. The molecule has 6 heteroatoms. The van der Waals surface area contributed by atoms with Crippen LogP contribution in [0.5, 0.6) is 0 Å². The number of allylic oxidation sites excluding steroid dienone is 2. The lowest BCUT2D eigenvalue weighted by molar-refractivity contribution is -0.147. The van der Waals surface area contributed by atoms with Crippen LogP contribution in [0, 0.1) is 11.7 Å². The maximum Gasteiger partial charge on any atom is 0.311 e. The highest BCUT2D eigenvalue weighted by molar-refractivity contribution is 6.35. The van der Waals surface area contributed by atoms with Crippen molar-refractivity contribution in [1.29, 1.82) is 0 Å². The molecule has 2 aliphatic rings. The van der Waals surface area contributed by atoms with Gasteiger partial charge in [-0.15, -0.1) is 0 Å². The molecule has 1 aliphatic carbocycles. The number of benzene rings is 2. The van der Waals surface area contributed by atoms with Crippen LogP contribution < -0.4 is 5.32 Å². The summed E-state index contributed by atoms with van der Waals surface area (Å²) in [4.78, 5) is 31.1. The number of piperidine rings is 1. The predicted molar refractivity (Wildman–Crippen MR) is 129 cm³/mol. The fourth-order valence-electron chi connectivity index (χ4n) is 5.09. The normalized spacial score (nSPS) is 19.0. The van der Waals surface area contributed by atoms with Gasteiger partial charge in [-0.3, -0.25) is 14.6 Å². The number of aliphatic imine (C=N–C) groups is 1. The molecule has 1 atom stereocenters. The molecule has 0 aromatic heterocycles. The summed E-state index contributed by atoms with van der Waals surface area (Å²) >= 11 is 0. The van der Waals surface area contributed by atoms with Gasteiger partial charge in [-0.25, -0.2) is 4.39 Å². The molecule has 2 aromatic carbocycles. The van der Waals surface area contributed by atoms with Crippen LogP contribution >= 0.6 is 0 Å². The number of carbonyl (C=O) groups is 2. The van der Waals surface area contributed by atoms with Gasteiger partial charge in [-0.1, -0.05) is 30.3 Å². The highest BCUT2D eigenvalue weighted by atomic mass is 19.1. The number of nitrogens with zero attached hydrogens (tertiary/aromatic N) is 2. The quantitative estimate of drug-likeness (QED) is 0.555. The largest absolute Gasteiger partial charge is 0.345 e. The van der Waals surface area contributed by atoms with Gasteiger partial charge in [0.25, 0.3) is 0 Å². The zero-order valence-electron chi connectivity index (χ0n) is 19.0. The van der Waals surface area contributed by atoms with Crippen molar-refractivity contribution >= 4 is 29.8 Å². The molecular formula is C27H30FN3O2. The van der Waals surface area contributed by atoms with E-state index in [4.69, 9.17) is 0 Å². The average Bonchev–Trinajstić information content (AvgIpc) is 2.84. The fourth-order valence-corrected chi connectivity index (χ4v) is 5.09. The SMILES string of the molecule is C=Nc1ccc(F)cc1/C(=C\C)C1CCN(C(=O)C(=O)N[C@@H]2CCc3ccccc3C2)CC1. The lowest BCUT2D eigenvalue weighted by Gasteiger charge is -2.34. The summed E-state index contributed by atoms with van der Waals surface area (Å²) in [6.07, 6.45) is 5.92. The zero-order valence-corrected chi connectivity index (χ0v) is 19.0. The van der Waals surface area contributed by atoms with Crippen molar-refractivity contribution in [2.75, 3.05) is 13.1 Å². The summed E-state index contributed by atoms with van der Waals surface area (Å²) in [5, 5.41) is 2.95. The number of rotatable bonds is 4. The number of amides is 2. The fraction of sp³-hybridized carbons (Fsp3) is 0.370. The van der Waals surface area contributed by atoms with Crippen LogP contribution in [0.25, 0.3) is 5.57 Å². The maximum absolute atomic E-state index is 13.9. The Hall–Kier alpha value is -3.28. The Morgan fingerprint density at radius 1 is 1.12 bits per heavy atom. The van der Waals surface area contributed by atoms with Gasteiger partial charge in [0, 0.05) is 24.7 Å². The van der Waals surface area contributed by atoms with Crippen LogP contribution in [0.3, 0.4) is 0 Å². The number of likely N-dealkylation sites (tertiary alicyclic amines) is 1. The van der Waals surface area contributed by atoms with Gasteiger partial charge < -0.3 is 10.2 Å². The number of aryl methyl sites for hydroxylation is 1. The molecule has 0 unspecified atom stereocenters. The first-order valence-corrected chi connectivity index (χ1v) is 11.6. The average molecular weight is 448 g/mol. The Balaban J connectivity index is 1.35. The first-order chi connectivity index (χ1) is 16.0. The van der Waals surface area contributed by atoms with Crippen LogP contribution in [0.1, 0.15) is 42.9 Å². The van der Waals surface area contributed by atoms with E-state index in [1.165, 1.54) is 23.3 Å². The topological polar surface area (TPSA) is 61.8 Å². The number of hydrogen-bond donors (Lipinski definition) is 1. The second kappa shape index (κ2) is 10.1. The number of carbonyl (C=O) groups excluding carboxylic acids is 2. The first-order valence-electron chi connectivity index (χ1n) is 11.6. The minimum absolute atomic E-state index is 0.0127. The van der Waals surface area contributed by atoms with Gasteiger partial charge >= 0.3 is 11.8 Å². The van der Waals surface area contributed by atoms with Crippen molar-refractivity contribution in [3.63, 3.8) is 0 Å². The van der Waals surface area contributed by atoms with E-state index in [1.807, 2.05) is 25.1 Å². The Labute approximate surface area is 194 Å². The molecule has 0 saturated carbocycles. The highest BCUT2D eigenvalue weighted by Crippen LogP contribution is 2.37. The van der Waals surface area contributed by atoms with E-state index >= 15 is 0 Å². The number of hydrogen-bond acceptors (Lipinski definition) is 3.